The summed E-state index contributed by atoms with van der Waals surface area (Å²) in [5.74, 6) is 0.464. The standard InChI is InChI=1S/C26H23N5O3/c32-22-9-8-18-20(4-1-5-21(18)30-22)28-14-23(33)29-17-7-6-15-12-26(13-16(15)11-17)19-3-2-10-27-24(19)31-25(26)34/h1-7,10-11,28H,8-9,12-14H2,(H,29,33)(H,30,32)(H,27,31,34). The molecule has 170 valence electrons. The number of nitrogens with one attached hydrogen (secondary N) is 4. The van der Waals surface area contributed by atoms with Crippen molar-refractivity contribution >= 4 is 40.6 Å². The lowest BCUT2D eigenvalue weighted by Gasteiger charge is -2.20. The first-order chi connectivity index (χ1) is 16.5. The van der Waals surface area contributed by atoms with Crippen LogP contribution >= 0.6 is 0 Å². The van der Waals surface area contributed by atoms with Crippen LogP contribution in [0.1, 0.15) is 28.7 Å². The molecule has 2 aliphatic heterocycles. The van der Waals surface area contributed by atoms with E-state index >= 15 is 0 Å². The Morgan fingerprint density at radius 1 is 1.00 bits per heavy atom. The molecule has 0 bridgehead atoms. The van der Waals surface area contributed by atoms with Gasteiger partial charge in [-0.05, 0) is 66.3 Å². The van der Waals surface area contributed by atoms with Gasteiger partial charge in [0.05, 0.1) is 12.0 Å². The molecule has 3 aliphatic rings. The Hall–Kier alpha value is -4.20. The van der Waals surface area contributed by atoms with Gasteiger partial charge in [0.1, 0.15) is 5.82 Å². The summed E-state index contributed by atoms with van der Waals surface area (Å²) < 4.78 is 0. The molecule has 3 heterocycles. The maximum absolute atomic E-state index is 12.9. The van der Waals surface area contributed by atoms with Gasteiger partial charge < -0.3 is 21.3 Å². The number of hydrogen-bond acceptors (Lipinski definition) is 5. The fourth-order valence-corrected chi connectivity index (χ4v) is 5.32. The number of benzene rings is 2. The minimum atomic E-state index is -0.627. The SMILES string of the molecule is O=C(CNc1cccc2c1CCC(=O)N2)Nc1ccc2c(c1)CC1(C2)C(=O)Nc2ncccc21. The lowest BCUT2D eigenvalue weighted by atomic mass is 9.79. The smallest absolute Gasteiger partial charge is 0.243 e. The lowest BCUT2D eigenvalue weighted by Crippen LogP contribution is -2.35. The molecule has 8 heteroatoms. The minimum Gasteiger partial charge on any atom is -0.376 e. The van der Waals surface area contributed by atoms with Gasteiger partial charge in [0.2, 0.25) is 17.7 Å². The Labute approximate surface area is 196 Å². The predicted molar refractivity (Wildman–Crippen MR) is 129 cm³/mol. The Bertz CT molecular complexity index is 1370. The van der Waals surface area contributed by atoms with Crippen molar-refractivity contribution in [3.05, 3.63) is 77.0 Å². The van der Waals surface area contributed by atoms with E-state index in [4.69, 9.17) is 0 Å². The molecule has 34 heavy (non-hydrogen) atoms. The number of pyridine rings is 1. The van der Waals surface area contributed by atoms with Crippen LogP contribution in [0.4, 0.5) is 22.9 Å². The average molecular weight is 454 g/mol. The Morgan fingerprint density at radius 2 is 1.88 bits per heavy atom. The van der Waals surface area contributed by atoms with Crippen LogP contribution in [-0.4, -0.2) is 29.3 Å². The molecular weight excluding hydrogens is 430 g/mol. The van der Waals surface area contributed by atoms with E-state index in [0.29, 0.717) is 37.2 Å². The highest BCUT2D eigenvalue weighted by Crippen LogP contribution is 2.46. The van der Waals surface area contributed by atoms with Crippen LogP contribution in [0.5, 0.6) is 0 Å². The van der Waals surface area contributed by atoms with Gasteiger partial charge in [0.15, 0.2) is 0 Å². The van der Waals surface area contributed by atoms with Gasteiger partial charge >= 0.3 is 0 Å². The Balaban J connectivity index is 1.14. The minimum absolute atomic E-state index is 0.00983. The highest BCUT2D eigenvalue weighted by atomic mass is 16.2. The largest absolute Gasteiger partial charge is 0.376 e. The van der Waals surface area contributed by atoms with E-state index < -0.39 is 5.41 Å². The number of hydrogen-bond donors (Lipinski definition) is 4. The molecule has 1 spiro atoms. The monoisotopic (exact) mass is 453 g/mol. The molecule has 0 fully saturated rings. The summed E-state index contributed by atoms with van der Waals surface area (Å²) in [5.41, 5.74) is 5.85. The summed E-state index contributed by atoms with van der Waals surface area (Å²) in [5, 5.41) is 11.9. The predicted octanol–water partition coefficient (Wildman–Crippen LogP) is 3.01. The summed E-state index contributed by atoms with van der Waals surface area (Å²) in [7, 11) is 0. The molecule has 0 saturated carbocycles. The molecule has 3 aromatic rings. The fraction of sp³-hybridized carbons (Fsp3) is 0.231. The van der Waals surface area contributed by atoms with Gasteiger partial charge in [0, 0.05) is 35.2 Å². The van der Waals surface area contributed by atoms with Gasteiger partial charge in [-0.1, -0.05) is 18.2 Å². The van der Waals surface area contributed by atoms with Crippen LogP contribution in [0, 0.1) is 0 Å². The Morgan fingerprint density at radius 3 is 2.79 bits per heavy atom. The van der Waals surface area contributed by atoms with Crippen molar-refractivity contribution in [1.29, 1.82) is 0 Å². The maximum Gasteiger partial charge on any atom is 0.243 e. The van der Waals surface area contributed by atoms with Crippen LogP contribution in [-0.2, 0) is 39.1 Å². The molecule has 1 unspecified atom stereocenters. The van der Waals surface area contributed by atoms with Crippen LogP contribution in [0.2, 0.25) is 0 Å². The van der Waals surface area contributed by atoms with Crippen molar-refractivity contribution in [2.24, 2.45) is 0 Å². The van der Waals surface area contributed by atoms with Crippen molar-refractivity contribution in [3.63, 3.8) is 0 Å². The zero-order valence-corrected chi connectivity index (χ0v) is 18.4. The van der Waals surface area contributed by atoms with Crippen molar-refractivity contribution in [2.75, 3.05) is 27.8 Å². The molecule has 3 amide bonds. The van der Waals surface area contributed by atoms with Crippen LogP contribution in [0.3, 0.4) is 0 Å². The molecule has 0 saturated heterocycles. The van der Waals surface area contributed by atoms with Gasteiger partial charge in [-0.3, -0.25) is 14.4 Å². The van der Waals surface area contributed by atoms with Crippen LogP contribution in [0.25, 0.3) is 0 Å². The molecule has 0 radical (unpaired) electrons. The Kier molecular flexibility index (Phi) is 4.62. The van der Waals surface area contributed by atoms with Crippen molar-refractivity contribution in [3.8, 4) is 0 Å². The molecule has 2 aromatic carbocycles. The van der Waals surface area contributed by atoms with Crippen molar-refractivity contribution in [2.45, 2.75) is 31.1 Å². The number of anilines is 4. The molecule has 1 aliphatic carbocycles. The number of fused-ring (bicyclic) bond motifs is 4. The second-order valence-electron chi connectivity index (χ2n) is 9.05. The second kappa shape index (κ2) is 7.69. The zero-order valence-electron chi connectivity index (χ0n) is 18.4. The molecule has 8 nitrogen and oxygen atoms in total. The molecule has 1 aromatic heterocycles. The van der Waals surface area contributed by atoms with Gasteiger partial charge in [-0.15, -0.1) is 0 Å². The third kappa shape index (κ3) is 3.30. The summed E-state index contributed by atoms with van der Waals surface area (Å²) in [6, 6.07) is 15.3. The summed E-state index contributed by atoms with van der Waals surface area (Å²) in [6.07, 6.45) is 3.97. The van der Waals surface area contributed by atoms with Crippen LogP contribution in [0.15, 0.2) is 54.7 Å². The van der Waals surface area contributed by atoms with E-state index in [-0.39, 0.29) is 24.3 Å². The van der Waals surface area contributed by atoms with Gasteiger partial charge in [-0.2, -0.15) is 0 Å². The van der Waals surface area contributed by atoms with E-state index in [1.807, 2.05) is 48.5 Å². The third-order valence-corrected chi connectivity index (χ3v) is 6.96. The summed E-state index contributed by atoms with van der Waals surface area (Å²) >= 11 is 0. The lowest BCUT2D eigenvalue weighted by molar-refractivity contribution is -0.120. The highest BCUT2D eigenvalue weighted by molar-refractivity contribution is 6.06. The summed E-state index contributed by atoms with van der Waals surface area (Å²) in [6.45, 7) is 0.104. The van der Waals surface area contributed by atoms with Gasteiger partial charge in [0.25, 0.3) is 0 Å². The second-order valence-corrected chi connectivity index (χ2v) is 9.05. The topological polar surface area (TPSA) is 112 Å². The summed E-state index contributed by atoms with van der Waals surface area (Å²) in [4.78, 5) is 41.5. The first-order valence-electron chi connectivity index (χ1n) is 11.4. The zero-order chi connectivity index (χ0) is 23.3. The number of rotatable bonds is 4. The number of aromatic nitrogens is 1. The average Bonchev–Trinajstić information content (AvgIpc) is 3.34. The van der Waals surface area contributed by atoms with E-state index in [0.717, 1.165) is 33.6 Å². The number of nitrogens with zero attached hydrogens (tertiary/aromatic N) is 1. The molecular formula is C26H23N5O3. The third-order valence-electron chi connectivity index (χ3n) is 6.96. The van der Waals surface area contributed by atoms with E-state index in [2.05, 4.69) is 26.3 Å². The van der Waals surface area contributed by atoms with Crippen molar-refractivity contribution in [1.82, 2.24) is 4.98 Å². The van der Waals surface area contributed by atoms with E-state index in [9.17, 15) is 14.4 Å². The molecule has 1 atom stereocenters. The van der Waals surface area contributed by atoms with Crippen molar-refractivity contribution < 1.29 is 14.4 Å². The number of carbonyl (C=O) groups is 3. The highest BCUT2D eigenvalue weighted by Gasteiger charge is 2.51. The van der Waals surface area contributed by atoms with E-state index in [1.165, 1.54) is 0 Å². The fourth-order valence-electron chi connectivity index (χ4n) is 5.32. The van der Waals surface area contributed by atoms with Crippen LogP contribution < -0.4 is 21.3 Å². The molecule has 6 rings (SSSR count). The normalized spacial score (nSPS) is 19.6. The first kappa shape index (κ1) is 20.4. The quantitative estimate of drug-likeness (QED) is 0.485. The molecule has 4 N–H and O–H groups in total. The maximum atomic E-state index is 12.9. The van der Waals surface area contributed by atoms with Gasteiger partial charge in [-0.25, -0.2) is 4.98 Å². The van der Waals surface area contributed by atoms with E-state index in [1.54, 1.807) is 6.20 Å². The number of carbonyl (C=O) groups excluding carboxylic acids is 3. The first-order valence-corrected chi connectivity index (χ1v) is 11.4. The number of amides is 3.